The smallest absolute Gasteiger partial charge is 0.308 e. The highest BCUT2D eigenvalue weighted by Gasteiger charge is 2.26. The molecule has 9 nitrogen and oxygen atoms in total. The highest BCUT2D eigenvalue weighted by atomic mass is 32.2. The minimum absolute atomic E-state index is 0.0127. The number of amides is 1. The number of nitrogens with zero attached hydrogens (tertiary/aromatic N) is 1. The summed E-state index contributed by atoms with van der Waals surface area (Å²) >= 11 is -1.47. The van der Waals surface area contributed by atoms with Gasteiger partial charge in [0.15, 0.2) is 5.17 Å². The topological polar surface area (TPSA) is 134 Å². The first-order valence-corrected chi connectivity index (χ1v) is 8.90. The zero-order valence-corrected chi connectivity index (χ0v) is 14.8. The Morgan fingerprint density at radius 2 is 1.80 bits per heavy atom. The molecule has 1 aromatic carbocycles. The molecule has 2 rings (SSSR count). The van der Waals surface area contributed by atoms with E-state index < -0.39 is 33.5 Å². The van der Waals surface area contributed by atoms with Gasteiger partial charge in [-0.15, -0.1) is 0 Å². The van der Waals surface area contributed by atoms with Crippen LogP contribution in [0.3, 0.4) is 0 Å². The average Bonchev–Trinajstić information content (AvgIpc) is 2.94. The van der Waals surface area contributed by atoms with E-state index in [-0.39, 0.29) is 28.8 Å². The summed E-state index contributed by atoms with van der Waals surface area (Å²) in [5.41, 5.74) is -0.178. The predicted octanol–water partition coefficient (Wildman–Crippen LogP) is 0.575. The van der Waals surface area contributed by atoms with E-state index in [4.69, 9.17) is 9.47 Å². The van der Waals surface area contributed by atoms with Crippen molar-refractivity contribution in [1.29, 1.82) is 0 Å². The SMILES string of the molecule is CC(=O)Oc1cccc(OC(C)=O)c1C(=O)NC1=NCC(S(=O)[O-])S1. The number of carbonyl (C=O) groups excluding carboxylic acids is 3. The summed E-state index contributed by atoms with van der Waals surface area (Å²) in [6, 6.07) is 4.18. The number of hydrogen-bond acceptors (Lipinski definition) is 9. The zero-order chi connectivity index (χ0) is 18.6. The molecule has 1 amide bonds. The molecule has 0 saturated carbocycles. The number of hydrogen-bond donors (Lipinski definition) is 1. The molecule has 0 aliphatic carbocycles. The minimum atomic E-state index is -2.34. The maximum absolute atomic E-state index is 12.5. The van der Waals surface area contributed by atoms with E-state index in [1.807, 2.05) is 0 Å². The molecule has 25 heavy (non-hydrogen) atoms. The number of carbonyl (C=O) groups is 3. The molecular weight excluding hydrogens is 372 g/mol. The van der Waals surface area contributed by atoms with Gasteiger partial charge in [0.05, 0.1) is 11.1 Å². The standard InChI is InChI=1S/C14H14N2O7S2/c1-7(17)22-9-4-3-5-10(23-8(2)18)12(9)13(19)16-14-15-6-11(24-14)25(20)21/h3-5,11H,6H2,1-2H3,(H,20,21)(H,15,16,19)/p-1. The van der Waals surface area contributed by atoms with Crippen LogP contribution < -0.4 is 14.8 Å². The summed E-state index contributed by atoms with van der Waals surface area (Å²) in [6.45, 7) is 2.33. The lowest BCUT2D eigenvalue weighted by molar-refractivity contribution is -0.132. The van der Waals surface area contributed by atoms with Crippen LogP contribution in [0.15, 0.2) is 23.2 Å². The molecule has 0 radical (unpaired) electrons. The average molecular weight is 385 g/mol. The Kier molecular flexibility index (Phi) is 6.28. The molecule has 1 heterocycles. The fraction of sp³-hybridized carbons (Fsp3) is 0.286. The molecule has 0 spiro atoms. The fourth-order valence-corrected chi connectivity index (χ4v) is 3.38. The van der Waals surface area contributed by atoms with Gasteiger partial charge in [-0.25, -0.2) is 0 Å². The van der Waals surface area contributed by atoms with Gasteiger partial charge in [0, 0.05) is 13.8 Å². The molecule has 0 bridgehead atoms. The molecule has 134 valence electrons. The van der Waals surface area contributed by atoms with Crippen LogP contribution in [0.5, 0.6) is 11.5 Å². The largest absolute Gasteiger partial charge is 0.771 e. The first-order valence-electron chi connectivity index (χ1n) is 6.88. The van der Waals surface area contributed by atoms with Crippen LogP contribution >= 0.6 is 11.8 Å². The Hall–Kier alpha value is -2.24. The normalized spacial score (nSPS) is 17.4. The third-order valence-electron chi connectivity index (χ3n) is 2.78. The van der Waals surface area contributed by atoms with Gasteiger partial charge >= 0.3 is 11.9 Å². The van der Waals surface area contributed by atoms with Crippen LogP contribution in [0.4, 0.5) is 0 Å². The van der Waals surface area contributed by atoms with Crippen molar-refractivity contribution in [3.63, 3.8) is 0 Å². The van der Waals surface area contributed by atoms with Crippen molar-refractivity contribution in [2.75, 3.05) is 6.54 Å². The quantitative estimate of drug-likeness (QED) is 0.452. The second-order valence-electron chi connectivity index (χ2n) is 4.72. The number of amidine groups is 1. The van der Waals surface area contributed by atoms with E-state index in [1.54, 1.807) is 0 Å². The second kappa shape index (κ2) is 8.23. The first kappa shape index (κ1) is 19.1. The van der Waals surface area contributed by atoms with Gasteiger partial charge in [0.25, 0.3) is 5.91 Å². The van der Waals surface area contributed by atoms with Crippen molar-refractivity contribution in [3.8, 4) is 11.5 Å². The summed E-state index contributed by atoms with van der Waals surface area (Å²) in [7, 11) is 0. The Morgan fingerprint density at radius 1 is 1.24 bits per heavy atom. The van der Waals surface area contributed by atoms with E-state index in [0.29, 0.717) is 0 Å². The van der Waals surface area contributed by atoms with Gasteiger partial charge in [-0.2, -0.15) is 0 Å². The maximum Gasteiger partial charge on any atom is 0.308 e. The Morgan fingerprint density at radius 3 is 2.24 bits per heavy atom. The van der Waals surface area contributed by atoms with Crippen molar-refractivity contribution in [2.45, 2.75) is 18.4 Å². The molecule has 0 fully saturated rings. The lowest BCUT2D eigenvalue weighted by Gasteiger charge is -2.14. The van der Waals surface area contributed by atoms with E-state index in [1.165, 1.54) is 18.2 Å². The lowest BCUT2D eigenvalue weighted by atomic mass is 10.1. The zero-order valence-electron chi connectivity index (χ0n) is 13.1. The highest BCUT2D eigenvalue weighted by molar-refractivity contribution is 8.21. The summed E-state index contributed by atoms with van der Waals surface area (Å²) in [6.07, 6.45) is 0. The maximum atomic E-state index is 12.5. The first-order chi connectivity index (χ1) is 11.8. The molecule has 0 saturated heterocycles. The van der Waals surface area contributed by atoms with Crippen molar-refractivity contribution in [3.05, 3.63) is 23.8 Å². The number of rotatable bonds is 4. The van der Waals surface area contributed by atoms with E-state index in [9.17, 15) is 23.1 Å². The Labute approximate surface area is 149 Å². The molecule has 11 heteroatoms. The van der Waals surface area contributed by atoms with Gasteiger partial charge in [0.1, 0.15) is 17.1 Å². The second-order valence-corrected chi connectivity index (χ2v) is 7.30. The Bertz CT molecular complexity index is 744. The summed E-state index contributed by atoms with van der Waals surface area (Å²) in [5, 5.41) is 2.53. The summed E-state index contributed by atoms with van der Waals surface area (Å²) in [5.74, 6) is -2.28. The van der Waals surface area contributed by atoms with Crippen LogP contribution in [0.2, 0.25) is 0 Å². The van der Waals surface area contributed by atoms with E-state index in [0.717, 1.165) is 25.6 Å². The Balaban J connectivity index is 2.28. The van der Waals surface area contributed by atoms with Crippen LogP contribution in [0, 0.1) is 0 Å². The molecule has 1 aliphatic rings. The highest BCUT2D eigenvalue weighted by Crippen LogP contribution is 2.30. The van der Waals surface area contributed by atoms with Gasteiger partial charge in [0.2, 0.25) is 0 Å². The van der Waals surface area contributed by atoms with Gasteiger partial charge in [-0.1, -0.05) is 17.8 Å². The molecule has 1 aromatic rings. The minimum Gasteiger partial charge on any atom is -0.771 e. The van der Waals surface area contributed by atoms with Crippen molar-refractivity contribution < 1.29 is 32.6 Å². The predicted molar refractivity (Wildman–Crippen MR) is 89.1 cm³/mol. The lowest BCUT2D eigenvalue weighted by Crippen LogP contribution is -2.29. The third kappa shape index (κ3) is 5.11. The number of ether oxygens (including phenoxy) is 2. The van der Waals surface area contributed by atoms with Gasteiger partial charge in [-0.05, 0) is 23.2 Å². The number of benzene rings is 1. The van der Waals surface area contributed by atoms with Crippen LogP contribution in [0.25, 0.3) is 0 Å². The fourth-order valence-electron chi connectivity index (χ4n) is 1.90. The van der Waals surface area contributed by atoms with Crippen molar-refractivity contribution >= 4 is 45.9 Å². The number of esters is 2. The van der Waals surface area contributed by atoms with Gasteiger partial charge < -0.3 is 19.3 Å². The van der Waals surface area contributed by atoms with E-state index in [2.05, 4.69) is 10.3 Å². The molecular formula is C14H13N2O7S2-. The third-order valence-corrected chi connectivity index (χ3v) is 4.99. The number of nitrogens with one attached hydrogen (secondary N) is 1. The number of aliphatic imine (C=N–C) groups is 1. The molecule has 2 atom stereocenters. The summed E-state index contributed by atoms with van der Waals surface area (Å²) < 4.78 is 31.0. The van der Waals surface area contributed by atoms with Crippen LogP contribution in [-0.4, -0.2) is 42.9 Å². The van der Waals surface area contributed by atoms with Crippen LogP contribution in [-0.2, 0) is 20.7 Å². The van der Waals surface area contributed by atoms with E-state index >= 15 is 0 Å². The van der Waals surface area contributed by atoms with Crippen molar-refractivity contribution in [2.24, 2.45) is 4.99 Å². The van der Waals surface area contributed by atoms with Crippen LogP contribution in [0.1, 0.15) is 24.2 Å². The van der Waals surface area contributed by atoms with Gasteiger partial charge in [-0.3, -0.25) is 23.6 Å². The summed E-state index contributed by atoms with van der Waals surface area (Å²) in [4.78, 5) is 38.9. The van der Waals surface area contributed by atoms with Crippen molar-refractivity contribution in [1.82, 2.24) is 5.32 Å². The molecule has 1 aliphatic heterocycles. The number of thioether (sulfide) groups is 1. The molecule has 2 unspecified atom stereocenters. The monoisotopic (exact) mass is 385 g/mol. The molecule has 0 aromatic heterocycles. The molecule has 1 N–H and O–H groups in total.